The summed E-state index contributed by atoms with van der Waals surface area (Å²) < 4.78 is 0. The SMILES string of the molecule is O=C1C(=O)N(CCNCCO)[C@@H](c2cccnc2)C1=C(O)c1ccc(Cl)cc1. The average Bonchev–Trinajstić information content (AvgIpc) is 2.97. The molecule has 1 saturated heterocycles. The van der Waals surface area contributed by atoms with Gasteiger partial charge >= 0.3 is 0 Å². The molecule has 0 bridgehead atoms. The van der Waals surface area contributed by atoms with Crippen molar-refractivity contribution in [2.24, 2.45) is 0 Å². The first-order valence-electron chi connectivity index (χ1n) is 8.80. The molecule has 0 spiro atoms. The maximum absolute atomic E-state index is 12.8. The molecule has 2 heterocycles. The zero-order chi connectivity index (χ0) is 20.1. The quantitative estimate of drug-likeness (QED) is 0.282. The molecular formula is C20H20ClN3O4. The number of aliphatic hydroxyl groups excluding tert-OH is 2. The van der Waals surface area contributed by atoms with Crippen LogP contribution in [0, 0.1) is 0 Å². The Morgan fingerprint density at radius 2 is 1.93 bits per heavy atom. The summed E-state index contributed by atoms with van der Waals surface area (Å²) in [6.45, 7) is 0.987. The Balaban J connectivity index is 2.03. The first-order valence-corrected chi connectivity index (χ1v) is 9.18. The molecule has 8 heteroatoms. The summed E-state index contributed by atoms with van der Waals surface area (Å²) >= 11 is 5.90. The molecule has 0 aliphatic carbocycles. The number of aliphatic hydroxyl groups is 2. The summed E-state index contributed by atoms with van der Waals surface area (Å²) in [5.74, 6) is -1.69. The molecule has 2 aromatic rings. The third kappa shape index (κ3) is 4.06. The van der Waals surface area contributed by atoms with Crippen molar-refractivity contribution in [3.05, 3.63) is 70.5 Å². The average molecular weight is 402 g/mol. The Labute approximate surface area is 167 Å². The first kappa shape index (κ1) is 20.0. The molecule has 1 aliphatic rings. The van der Waals surface area contributed by atoms with E-state index in [9.17, 15) is 14.7 Å². The number of rotatable bonds is 7. The number of carbonyl (C=O) groups excluding carboxylic acids is 2. The van der Waals surface area contributed by atoms with Gasteiger partial charge in [-0.2, -0.15) is 0 Å². The lowest BCUT2D eigenvalue weighted by Crippen LogP contribution is -2.36. The second-order valence-corrected chi connectivity index (χ2v) is 6.70. The number of nitrogens with one attached hydrogen (secondary N) is 1. The minimum Gasteiger partial charge on any atom is -0.507 e. The fourth-order valence-corrected chi connectivity index (χ4v) is 3.29. The van der Waals surface area contributed by atoms with Crippen LogP contribution in [0.25, 0.3) is 5.76 Å². The number of likely N-dealkylation sites (tertiary alicyclic amines) is 1. The fraction of sp³-hybridized carbons (Fsp3) is 0.250. The third-order valence-electron chi connectivity index (χ3n) is 4.48. The molecule has 0 unspecified atom stereocenters. The van der Waals surface area contributed by atoms with Gasteiger partial charge < -0.3 is 20.4 Å². The topological polar surface area (TPSA) is 103 Å². The summed E-state index contributed by atoms with van der Waals surface area (Å²) in [6, 6.07) is 9.10. The first-order chi connectivity index (χ1) is 13.5. The van der Waals surface area contributed by atoms with Crippen molar-refractivity contribution in [2.45, 2.75) is 6.04 Å². The molecule has 1 atom stereocenters. The number of amides is 1. The molecule has 146 valence electrons. The van der Waals surface area contributed by atoms with Crippen molar-refractivity contribution in [3.8, 4) is 0 Å². The fourth-order valence-electron chi connectivity index (χ4n) is 3.16. The van der Waals surface area contributed by atoms with Crippen LogP contribution in [0.4, 0.5) is 0 Å². The van der Waals surface area contributed by atoms with Crippen LogP contribution in [-0.4, -0.2) is 58.0 Å². The third-order valence-corrected chi connectivity index (χ3v) is 4.73. The molecule has 1 aromatic heterocycles. The van der Waals surface area contributed by atoms with E-state index in [2.05, 4.69) is 10.3 Å². The number of halogens is 1. The number of carbonyl (C=O) groups is 2. The Morgan fingerprint density at radius 3 is 2.57 bits per heavy atom. The Morgan fingerprint density at radius 1 is 1.18 bits per heavy atom. The molecule has 28 heavy (non-hydrogen) atoms. The number of pyridine rings is 1. The van der Waals surface area contributed by atoms with Gasteiger partial charge in [-0.3, -0.25) is 14.6 Å². The number of nitrogens with zero attached hydrogens (tertiary/aromatic N) is 2. The van der Waals surface area contributed by atoms with Gasteiger partial charge in [-0.05, 0) is 35.9 Å². The monoisotopic (exact) mass is 401 g/mol. The molecule has 7 nitrogen and oxygen atoms in total. The molecule has 1 fully saturated rings. The predicted molar refractivity (Wildman–Crippen MR) is 105 cm³/mol. The van der Waals surface area contributed by atoms with Gasteiger partial charge in [0.25, 0.3) is 11.7 Å². The number of Topliss-reactive ketones (excluding diaryl/α,β-unsaturated/α-hetero) is 1. The van der Waals surface area contributed by atoms with E-state index in [1.54, 1.807) is 48.8 Å². The molecule has 0 saturated carbocycles. The van der Waals surface area contributed by atoms with Crippen molar-refractivity contribution in [1.82, 2.24) is 15.2 Å². The lowest BCUT2D eigenvalue weighted by atomic mass is 9.96. The molecule has 1 aromatic carbocycles. The Hall–Kier alpha value is -2.74. The standard InChI is InChI=1S/C20H20ClN3O4/c21-15-5-3-13(4-6-15)18(26)16-17(14-2-1-7-23-12-14)24(20(28)19(16)27)10-8-22-9-11-25/h1-7,12,17,22,25-26H,8-11H2/t17-/m0/s1. The molecule has 1 amide bonds. The van der Waals surface area contributed by atoms with Gasteiger partial charge in [0.15, 0.2) is 0 Å². The highest BCUT2D eigenvalue weighted by atomic mass is 35.5. The number of aromatic nitrogens is 1. The van der Waals surface area contributed by atoms with Crippen LogP contribution < -0.4 is 5.32 Å². The zero-order valence-corrected chi connectivity index (χ0v) is 15.8. The Kier molecular flexibility index (Phi) is 6.41. The van der Waals surface area contributed by atoms with Gasteiger partial charge in [-0.15, -0.1) is 0 Å². The van der Waals surface area contributed by atoms with Crippen LogP contribution in [0.1, 0.15) is 17.2 Å². The van der Waals surface area contributed by atoms with Crippen LogP contribution in [0.2, 0.25) is 5.02 Å². The molecule has 3 rings (SSSR count). The van der Waals surface area contributed by atoms with Crippen molar-refractivity contribution in [3.63, 3.8) is 0 Å². The summed E-state index contributed by atoms with van der Waals surface area (Å²) in [4.78, 5) is 30.9. The number of hydrogen-bond donors (Lipinski definition) is 3. The van der Waals surface area contributed by atoms with Crippen LogP contribution >= 0.6 is 11.6 Å². The van der Waals surface area contributed by atoms with Gasteiger partial charge in [0, 0.05) is 42.6 Å². The van der Waals surface area contributed by atoms with Gasteiger partial charge in [0.05, 0.1) is 18.2 Å². The van der Waals surface area contributed by atoms with Crippen molar-refractivity contribution < 1.29 is 19.8 Å². The van der Waals surface area contributed by atoms with E-state index in [0.29, 0.717) is 29.2 Å². The number of ketones is 1. The molecule has 0 radical (unpaired) electrons. The number of benzene rings is 1. The summed E-state index contributed by atoms with van der Waals surface area (Å²) in [6.07, 6.45) is 3.16. The lowest BCUT2D eigenvalue weighted by molar-refractivity contribution is -0.139. The van der Waals surface area contributed by atoms with E-state index < -0.39 is 17.7 Å². The minimum atomic E-state index is -0.750. The van der Waals surface area contributed by atoms with Crippen molar-refractivity contribution in [2.75, 3.05) is 26.2 Å². The molecular weight excluding hydrogens is 382 g/mol. The van der Waals surface area contributed by atoms with E-state index in [1.807, 2.05) is 0 Å². The van der Waals surface area contributed by atoms with Crippen LogP contribution in [0.5, 0.6) is 0 Å². The normalized spacial score (nSPS) is 18.6. The van der Waals surface area contributed by atoms with Crippen LogP contribution in [0.3, 0.4) is 0 Å². The summed E-state index contributed by atoms with van der Waals surface area (Å²) in [7, 11) is 0. The molecule has 3 N–H and O–H groups in total. The highest BCUT2D eigenvalue weighted by Gasteiger charge is 2.45. The van der Waals surface area contributed by atoms with Crippen LogP contribution in [0.15, 0.2) is 54.4 Å². The summed E-state index contributed by atoms with van der Waals surface area (Å²) in [5, 5.41) is 23.2. The molecule has 1 aliphatic heterocycles. The summed E-state index contributed by atoms with van der Waals surface area (Å²) in [5.41, 5.74) is 1.04. The second-order valence-electron chi connectivity index (χ2n) is 6.26. The van der Waals surface area contributed by atoms with Gasteiger partial charge in [0.1, 0.15) is 5.76 Å². The second kappa shape index (κ2) is 8.97. The lowest BCUT2D eigenvalue weighted by Gasteiger charge is -2.25. The highest BCUT2D eigenvalue weighted by Crippen LogP contribution is 2.38. The zero-order valence-electron chi connectivity index (χ0n) is 15.0. The maximum atomic E-state index is 12.8. The number of hydrogen-bond acceptors (Lipinski definition) is 6. The van der Waals surface area contributed by atoms with Crippen LogP contribution in [-0.2, 0) is 9.59 Å². The van der Waals surface area contributed by atoms with Gasteiger partial charge in [0.2, 0.25) is 0 Å². The van der Waals surface area contributed by atoms with E-state index in [-0.39, 0.29) is 24.5 Å². The largest absolute Gasteiger partial charge is 0.507 e. The Bertz CT molecular complexity index is 884. The van der Waals surface area contributed by atoms with E-state index >= 15 is 0 Å². The van der Waals surface area contributed by atoms with E-state index in [4.69, 9.17) is 16.7 Å². The highest BCUT2D eigenvalue weighted by molar-refractivity contribution is 6.46. The van der Waals surface area contributed by atoms with E-state index in [0.717, 1.165) is 0 Å². The maximum Gasteiger partial charge on any atom is 0.295 e. The smallest absolute Gasteiger partial charge is 0.295 e. The van der Waals surface area contributed by atoms with Gasteiger partial charge in [-0.25, -0.2) is 0 Å². The van der Waals surface area contributed by atoms with Crippen molar-refractivity contribution in [1.29, 1.82) is 0 Å². The predicted octanol–water partition coefficient (Wildman–Crippen LogP) is 1.74. The van der Waals surface area contributed by atoms with Crippen molar-refractivity contribution >= 4 is 29.1 Å². The minimum absolute atomic E-state index is 0.0162. The van der Waals surface area contributed by atoms with E-state index in [1.165, 1.54) is 4.90 Å². The van der Waals surface area contributed by atoms with Gasteiger partial charge in [-0.1, -0.05) is 17.7 Å².